The van der Waals surface area contributed by atoms with Crippen LogP contribution in [0.1, 0.15) is 37.8 Å². The van der Waals surface area contributed by atoms with E-state index >= 15 is 0 Å². The Hall–Kier alpha value is -1.63. The molecule has 1 fully saturated rings. The molecule has 1 saturated carbocycles. The topological polar surface area (TPSA) is 68.5 Å². The zero-order chi connectivity index (χ0) is 13.8. The van der Waals surface area contributed by atoms with Gasteiger partial charge in [0.15, 0.2) is 0 Å². The van der Waals surface area contributed by atoms with E-state index in [1.54, 1.807) is 11.8 Å². The summed E-state index contributed by atoms with van der Waals surface area (Å²) in [5, 5.41) is 16.1. The molecule has 0 saturated heterocycles. The third-order valence-corrected chi connectivity index (χ3v) is 4.11. The summed E-state index contributed by atoms with van der Waals surface area (Å²) in [7, 11) is 0. The number of rotatable bonds is 7. The van der Waals surface area contributed by atoms with Crippen LogP contribution in [-0.4, -0.2) is 31.7 Å². The van der Waals surface area contributed by atoms with Crippen LogP contribution < -0.4 is 5.32 Å². The van der Waals surface area contributed by atoms with Gasteiger partial charge in [-0.3, -0.25) is 0 Å². The van der Waals surface area contributed by atoms with Crippen LogP contribution in [0, 0.1) is 0 Å². The molecule has 2 aromatic heterocycles. The largest absolute Gasteiger partial charge is 0.370 e. The van der Waals surface area contributed by atoms with Gasteiger partial charge in [-0.15, -0.1) is 5.10 Å². The van der Waals surface area contributed by atoms with Gasteiger partial charge in [0, 0.05) is 18.5 Å². The standard InChI is InChI=1S/C13H18N6S/c1-2-6-14-12-8-10(5-7-15-12)9-20-13-16-17-18-19(13)11-3-4-11/h5,7-8,11H,2-4,6,9H2,1H3,(H,14,15). The fraction of sp³-hybridized carbons (Fsp3) is 0.538. The lowest BCUT2D eigenvalue weighted by molar-refractivity contribution is 0.565. The molecule has 1 N–H and O–H groups in total. The quantitative estimate of drug-likeness (QED) is 0.790. The van der Waals surface area contributed by atoms with Gasteiger partial charge in [-0.1, -0.05) is 18.7 Å². The molecule has 0 aliphatic heterocycles. The summed E-state index contributed by atoms with van der Waals surface area (Å²) in [6, 6.07) is 4.65. The molecule has 0 atom stereocenters. The number of pyridine rings is 1. The maximum atomic E-state index is 4.31. The van der Waals surface area contributed by atoms with Crippen LogP contribution in [0.4, 0.5) is 5.82 Å². The summed E-state index contributed by atoms with van der Waals surface area (Å²) in [5.41, 5.74) is 1.23. The second kappa shape index (κ2) is 6.21. The van der Waals surface area contributed by atoms with E-state index in [0.29, 0.717) is 6.04 Å². The highest BCUT2D eigenvalue weighted by Gasteiger charge is 2.27. The minimum absolute atomic E-state index is 0.520. The van der Waals surface area contributed by atoms with Gasteiger partial charge in [-0.05, 0) is 47.4 Å². The average Bonchev–Trinajstić information content (AvgIpc) is 3.22. The third-order valence-electron chi connectivity index (χ3n) is 3.10. The number of anilines is 1. The first kappa shape index (κ1) is 13.4. The lowest BCUT2D eigenvalue weighted by atomic mass is 10.3. The molecular formula is C13H18N6S. The van der Waals surface area contributed by atoms with E-state index in [4.69, 9.17) is 0 Å². The zero-order valence-electron chi connectivity index (χ0n) is 11.5. The number of hydrogen-bond acceptors (Lipinski definition) is 6. The highest BCUT2D eigenvalue weighted by atomic mass is 32.2. The molecule has 7 heteroatoms. The first-order valence-electron chi connectivity index (χ1n) is 6.96. The van der Waals surface area contributed by atoms with Crippen molar-refractivity contribution in [1.82, 2.24) is 25.2 Å². The van der Waals surface area contributed by atoms with E-state index in [2.05, 4.69) is 38.8 Å². The van der Waals surface area contributed by atoms with Gasteiger partial charge < -0.3 is 5.32 Å². The van der Waals surface area contributed by atoms with E-state index in [-0.39, 0.29) is 0 Å². The second-order valence-electron chi connectivity index (χ2n) is 4.90. The smallest absolute Gasteiger partial charge is 0.209 e. The Kier molecular flexibility index (Phi) is 4.15. The van der Waals surface area contributed by atoms with Crippen LogP contribution >= 0.6 is 11.8 Å². The van der Waals surface area contributed by atoms with Gasteiger partial charge in [0.1, 0.15) is 5.82 Å². The van der Waals surface area contributed by atoms with Gasteiger partial charge >= 0.3 is 0 Å². The van der Waals surface area contributed by atoms with Gasteiger partial charge in [0.25, 0.3) is 0 Å². The van der Waals surface area contributed by atoms with Gasteiger partial charge in [0.05, 0.1) is 6.04 Å². The number of aromatic nitrogens is 5. The van der Waals surface area contributed by atoms with Crippen molar-refractivity contribution >= 4 is 17.6 Å². The molecule has 20 heavy (non-hydrogen) atoms. The fourth-order valence-corrected chi connectivity index (χ4v) is 2.78. The molecule has 1 aliphatic rings. The first-order valence-corrected chi connectivity index (χ1v) is 7.95. The first-order chi connectivity index (χ1) is 9.86. The third kappa shape index (κ3) is 3.27. The van der Waals surface area contributed by atoms with Crippen LogP contribution in [-0.2, 0) is 5.75 Å². The zero-order valence-corrected chi connectivity index (χ0v) is 12.3. The Morgan fingerprint density at radius 1 is 1.45 bits per heavy atom. The Morgan fingerprint density at radius 3 is 3.15 bits per heavy atom. The molecule has 0 aromatic carbocycles. The van der Waals surface area contributed by atoms with E-state index in [9.17, 15) is 0 Å². The van der Waals surface area contributed by atoms with E-state index < -0.39 is 0 Å². The molecule has 0 radical (unpaired) electrons. The van der Waals surface area contributed by atoms with Crippen molar-refractivity contribution < 1.29 is 0 Å². The molecule has 106 valence electrons. The highest BCUT2D eigenvalue weighted by Crippen LogP contribution is 2.36. The molecule has 0 unspecified atom stereocenters. The Morgan fingerprint density at radius 2 is 2.35 bits per heavy atom. The molecule has 1 aliphatic carbocycles. The minimum Gasteiger partial charge on any atom is -0.370 e. The summed E-state index contributed by atoms with van der Waals surface area (Å²) in [4.78, 5) is 4.31. The van der Waals surface area contributed by atoms with Gasteiger partial charge in [-0.2, -0.15) is 0 Å². The summed E-state index contributed by atoms with van der Waals surface area (Å²) >= 11 is 1.68. The lowest BCUT2D eigenvalue weighted by Gasteiger charge is -2.06. The van der Waals surface area contributed by atoms with Crippen molar-refractivity contribution in [2.45, 2.75) is 43.1 Å². The van der Waals surface area contributed by atoms with Crippen LogP contribution in [0.5, 0.6) is 0 Å². The molecule has 2 aromatic rings. The van der Waals surface area contributed by atoms with E-state index in [1.165, 1.54) is 18.4 Å². The van der Waals surface area contributed by atoms with Gasteiger partial charge in [0.2, 0.25) is 5.16 Å². The normalized spacial score (nSPS) is 14.4. The lowest BCUT2D eigenvalue weighted by Crippen LogP contribution is -2.02. The molecule has 0 amide bonds. The Bertz CT molecular complexity index is 565. The minimum atomic E-state index is 0.520. The van der Waals surface area contributed by atoms with Crippen molar-refractivity contribution in [2.24, 2.45) is 0 Å². The number of nitrogens with zero attached hydrogens (tertiary/aromatic N) is 5. The molecule has 3 rings (SSSR count). The summed E-state index contributed by atoms with van der Waals surface area (Å²) in [6.07, 6.45) is 5.33. The summed E-state index contributed by atoms with van der Waals surface area (Å²) < 4.78 is 1.95. The monoisotopic (exact) mass is 290 g/mol. The van der Waals surface area contributed by atoms with Crippen molar-refractivity contribution in [1.29, 1.82) is 0 Å². The van der Waals surface area contributed by atoms with Crippen LogP contribution in [0.3, 0.4) is 0 Å². The van der Waals surface area contributed by atoms with Crippen LogP contribution in [0.25, 0.3) is 0 Å². The Balaban J connectivity index is 1.61. The van der Waals surface area contributed by atoms with Gasteiger partial charge in [-0.25, -0.2) is 9.67 Å². The van der Waals surface area contributed by atoms with Crippen molar-refractivity contribution in [3.05, 3.63) is 23.9 Å². The summed E-state index contributed by atoms with van der Waals surface area (Å²) in [6.45, 7) is 3.09. The van der Waals surface area contributed by atoms with Crippen LogP contribution in [0.15, 0.2) is 23.5 Å². The Labute approximate surface area is 122 Å². The number of thioether (sulfide) groups is 1. The molecule has 2 heterocycles. The number of hydrogen-bond donors (Lipinski definition) is 1. The predicted octanol–water partition coefficient (Wildman–Crippen LogP) is 2.52. The molecular weight excluding hydrogens is 272 g/mol. The SMILES string of the molecule is CCCNc1cc(CSc2nnnn2C2CC2)ccn1. The van der Waals surface area contributed by atoms with E-state index in [0.717, 1.165) is 29.7 Å². The maximum absolute atomic E-state index is 4.31. The number of nitrogens with one attached hydrogen (secondary N) is 1. The van der Waals surface area contributed by atoms with E-state index in [1.807, 2.05) is 16.9 Å². The highest BCUT2D eigenvalue weighted by molar-refractivity contribution is 7.98. The summed E-state index contributed by atoms with van der Waals surface area (Å²) in [5.74, 6) is 1.79. The van der Waals surface area contributed by atoms with Crippen molar-refractivity contribution in [2.75, 3.05) is 11.9 Å². The fourth-order valence-electron chi connectivity index (χ4n) is 1.89. The second-order valence-corrected chi connectivity index (χ2v) is 5.84. The van der Waals surface area contributed by atoms with Crippen molar-refractivity contribution in [3.8, 4) is 0 Å². The van der Waals surface area contributed by atoms with Crippen molar-refractivity contribution in [3.63, 3.8) is 0 Å². The number of tetrazole rings is 1. The van der Waals surface area contributed by atoms with Crippen LogP contribution in [0.2, 0.25) is 0 Å². The molecule has 0 bridgehead atoms. The average molecular weight is 290 g/mol. The maximum Gasteiger partial charge on any atom is 0.209 e. The predicted molar refractivity (Wildman–Crippen MR) is 78.7 cm³/mol. The molecule has 0 spiro atoms. The molecule has 6 nitrogen and oxygen atoms in total.